The summed E-state index contributed by atoms with van der Waals surface area (Å²) in [6.07, 6.45) is 1.14. The summed E-state index contributed by atoms with van der Waals surface area (Å²) in [5, 5.41) is 12.1. The molecule has 0 unspecified atom stereocenters. The van der Waals surface area contributed by atoms with E-state index in [0.717, 1.165) is 5.56 Å². The summed E-state index contributed by atoms with van der Waals surface area (Å²) < 4.78 is 5.19. The largest absolute Gasteiger partial charge is 0.496 e. The van der Waals surface area contributed by atoms with E-state index in [-0.39, 0.29) is 5.91 Å². The zero-order valence-electron chi connectivity index (χ0n) is 11.9. The summed E-state index contributed by atoms with van der Waals surface area (Å²) in [5.74, 6) is 0.243. The van der Waals surface area contributed by atoms with Crippen LogP contribution in [0.25, 0.3) is 0 Å². The van der Waals surface area contributed by atoms with Gasteiger partial charge in [-0.25, -0.2) is 0 Å². The van der Waals surface area contributed by atoms with E-state index in [9.17, 15) is 10.1 Å². The average Bonchev–Trinajstić information content (AvgIpc) is 2.44. The van der Waals surface area contributed by atoms with Gasteiger partial charge in [0, 0.05) is 0 Å². The van der Waals surface area contributed by atoms with Crippen LogP contribution in [0.2, 0.25) is 0 Å². The Morgan fingerprint density at radius 1 is 1.42 bits per heavy atom. The predicted molar refractivity (Wildman–Crippen MR) is 74.1 cm³/mol. The molecule has 1 amide bonds. The first-order valence-electron chi connectivity index (χ1n) is 6.40. The Kier molecular flexibility index (Phi) is 4.94. The maximum atomic E-state index is 12.3. The zero-order valence-corrected chi connectivity index (χ0v) is 11.9. The molecule has 0 spiro atoms. The molecule has 0 atom stereocenters. The molecule has 0 saturated heterocycles. The minimum atomic E-state index is -0.814. The molecule has 0 aliphatic rings. The van der Waals surface area contributed by atoms with Crippen LogP contribution in [0.15, 0.2) is 18.2 Å². The van der Waals surface area contributed by atoms with Crippen molar-refractivity contribution in [3.8, 4) is 11.8 Å². The fraction of sp³-hybridized carbons (Fsp3) is 0.467. The molecule has 0 saturated carbocycles. The molecule has 1 N–H and O–H groups in total. The van der Waals surface area contributed by atoms with E-state index in [1.54, 1.807) is 12.1 Å². The number of aryl methyl sites for hydroxylation is 1. The van der Waals surface area contributed by atoms with Gasteiger partial charge in [-0.1, -0.05) is 25.5 Å². The van der Waals surface area contributed by atoms with Crippen LogP contribution in [-0.2, 0) is 0 Å². The first kappa shape index (κ1) is 15.0. The van der Waals surface area contributed by atoms with E-state index in [1.807, 2.05) is 26.8 Å². The van der Waals surface area contributed by atoms with Gasteiger partial charge in [-0.15, -0.1) is 0 Å². The molecular weight excluding hydrogens is 240 g/mol. The molecule has 0 bridgehead atoms. The summed E-state index contributed by atoms with van der Waals surface area (Å²) in [5.41, 5.74) is 0.622. The number of hydrogen-bond donors (Lipinski definition) is 1. The van der Waals surface area contributed by atoms with Crippen molar-refractivity contribution in [2.45, 2.75) is 39.2 Å². The molecule has 0 aliphatic carbocycles. The topological polar surface area (TPSA) is 62.1 Å². The maximum absolute atomic E-state index is 12.3. The number of carbonyl (C=O) groups excluding carboxylic acids is 1. The molecule has 1 aromatic carbocycles. The van der Waals surface area contributed by atoms with Crippen molar-refractivity contribution in [2.24, 2.45) is 0 Å². The lowest BCUT2D eigenvalue weighted by Gasteiger charge is -2.25. The molecule has 0 heterocycles. The van der Waals surface area contributed by atoms with Crippen LogP contribution in [0.4, 0.5) is 0 Å². The Morgan fingerprint density at radius 2 is 2.05 bits per heavy atom. The summed E-state index contributed by atoms with van der Waals surface area (Å²) in [7, 11) is 1.53. The second-order valence-electron chi connectivity index (χ2n) is 4.56. The Hall–Kier alpha value is -2.02. The molecule has 1 rings (SSSR count). The van der Waals surface area contributed by atoms with Crippen LogP contribution >= 0.6 is 0 Å². The minimum Gasteiger partial charge on any atom is -0.496 e. The lowest BCUT2D eigenvalue weighted by molar-refractivity contribution is 0.0912. The van der Waals surface area contributed by atoms with Gasteiger partial charge >= 0.3 is 0 Å². The van der Waals surface area contributed by atoms with Gasteiger partial charge in [-0.3, -0.25) is 4.79 Å². The molecule has 4 heteroatoms. The average molecular weight is 260 g/mol. The molecule has 1 aromatic rings. The van der Waals surface area contributed by atoms with Gasteiger partial charge in [0.1, 0.15) is 11.3 Å². The maximum Gasteiger partial charge on any atom is 0.256 e. The summed E-state index contributed by atoms with van der Waals surface area (Å²) in [6.45, 7) is 5.69. The van der Waals surface area contributed by atoms with Crippen molar-refractivity contribution >= 4 is 5.91 Å². The molecule has 102 valence electrons. The van der Waals surface area contributed by atoms with Crippen LogP contribution in [0.3, 0.4) is 0 Å². The monoisotopic (exact) mass is 260 g/mol. The number of benzene rings is 1. The van der Waals surface area contributed by atoms with E-state index < -0.39 is 5.54 Å². The zero-order chi connectivity index (χ0) is 14.5. The smallest absolute Gasteiger partial charge is 0.256 e. The molecule has 0 radical (unpaired) electrons. The van der Waals surface area contributed by atoms with Crippen LogP contribution in [0.5, 0.6) is 5.75 Å². The van der Waals surface area contributed by atoms with E-state index in [4.69, 9.17) is 4.74 Å². The van der Waals surface area contributed by atoms with Crippen molar-refractivity contribution in [3.05, 3.63) is 29.3 Å². The van der Waals surface area contributed by atoms with Crippen molar-refractivity contribution in [1.82, 2.24) is 5.32 Å². The highest BCUT2D eigenvalue weighted by molar-refractivity contribution is 5.97. The third-order valence-electron chi connectivity index (χ3n) is 3.37. The van der Waals surface area contributed by atoms with Crippen molar-refractivity contribution in [1.29, 1.82) is 5.26 Å². The third kappa shape index (κ3) is 3.25. The highest BCUT2D eigenvalue weighted by atomic mass is 16.5. The van der Waals surface area contributed by atoms with Crippen molar-refractivity contribution in [3.63, 3.8) is 0 Å². The third-order valence-corrected chi connectivity index (χ3v) is 3.37. The van der Waals surface area contributed by atoms with Crippen molar-refractivity contribution in [2.75, 3.05) is 7.11 Å². The second-order valence-corrected chi connectivity index (χ2v) is 4.56. The van der Waals surface area contributed by atoms with Crippen LogP contribution in [-0.4, -0.2) is 18.6 Å². The Morgan fingerprint density at radius 3 is 2.53 bits per heavy atom. The SMILES string of the molecule is CCC(C#N)(CC)NC(=O)c1cc(C)ccc1OC. The molecule has 0 aliphatic heterocycles. The number of amides is 1. The number of nitriles is 1. The minimum absolute atomic E-state index is 0.272. The molecule has 0 aromatic heterocycles. The molecule has 19 heavy (non-hydrogen) atoms. The Labute approximate surface area is 114 Å². The van der Waals surface area contributed by atoms with Gasteiger partial charge in [0.15, 0.2) is 0 Å². The molecule has 4 nitrogen and oxygen atoms in total. The summed E-state index contributed by atoms with van der Waals surface area (Å²) in [6, 6.07) is 7.60. The normalized spacial score (nSPS) is 10.7. The number of ether oxygens (including phenoxy) is 1. The number of carbonyl (C=O) groups is 1. The Bertz CT molecular complexity index is 499. The number of nitrogens with one attached hydrogen (secondary N) is 1. The second kappa shape index (κ2) is 6.24. The summed E-state index contributed by atoms with van der Waals surface area (Å²) >= 11 is 0. The van der Waals surface area contributed by atoms with Crippen LogP contribution in [0.1, 0.15) is 42.6 Å². The van der Waals surface area contributed by atoms with Gasteiger partial charge < -0.3 is 10.1 Å². The fourth-order valence-corrected chi connectivity index (χ4v) is 1.90. The van der Waals surface area contributed by atoms with Crippen molar-refractivity contribution < 1.29 is 9.53 Å². The Balaban J connectivity index is 3.08. The van der Waals surface area contributed by atoms with Gasteiger partial charge in [-0.05, 0) is 31.9 Å². The quantitative estimate of drug-likeness (QED) is 0.885. The van der Waals surface area contributed by atoms with E-state index in [2.05, 4.69) is 11.4 Å². The highest BCUT2D eigenvalue weighted by Crippen LogP contribution is 2.22. The number of rotatable bonds is 5. The molecule has 0 fully saturated rings. The van der Waals surface area contributed by atoms with E-state index >= 15 is 0 Å². The van der Waals surface area contributed by atoms with Gasteiger partial charge in [-0.2, -0.15) is 5.26 Å². The number of nitrogens with zero attached hydrogens (tertiary/aromatic N) is 1. The van der Waals surface area contributed by atoms with Crippen LogP contribution in [0, 0.1) is 18.3 Å². The van der Waals surface area contributed by atoms with Gasteiger partial charge in [0.2, 0.25) is 0 Å². The first-order valence-corrected chi connectivity index (χ1v) is 6.40. The van der Waals surface area contributed by atoms with E-state index in [0.29, 0.717) is 24.2 Å². The van der Waals surface area contributed by atoms with E-state index in [1.165, 1.54) is 7.11 Å². The lowest BCUT2D eigenvalue weighted by Crippen LogP contribution is -2.46. The number of methoxy groups -OCH3 is 1. The lowest BCUT2D eigenvalue weighted by atomic mass is 9.94. The standard InChI is InChI=1S/C15H20N2O2/c1-5-15(6-2,10-16)17-14(18)12-9-11(3)7-8-13(12)19-4/h7-9H,5-6H2,1-4H3,(H,17,18). The molecular formula is C15H20N2O2. The van der Waals surface area contributed by atoms with Gasteiger partial charge in [0.05, 0.1) is 18.7 Å². The fourth-order valence-electron chi connectivity index (χ4n) is 1.90. The number of hydrogen-bond acceptors (Lipinski definition) is 3. The predicted octanol–water partition coefficient (Wildman–Crippen LogP) is 2.82. The van der Waals surface area contributed by atoms with Crippen LogP contribution < -0.4 is 10.1 Å². The highest BCUT2D eigenvalue weighted by Gasteiger charge is 2.29. The summed E-state index contributed by atoms with van der Waals surface area (Å²) in [4.78, 5) is 12.3. The first-order chi connectivity index (χ1) is 9.01. The van der Waals surface area contributed by atoms with Gasteiger partial charge in [0.25, 0.3) is 5.91 Å².